The van der Waals surface area contributed by atoms with Crippen molar-refractivity contribution in [3.63, 3.8) is 0 Å². The molecule has 1 amide bonds. The van der Waals surface area contributed by atoms with Gasteiger partial charge in [0.2, 0.25) is 10.0 Å². The third kappa shape index (κ3) is 3.99. The number of carbonyl (C=O) groups is 1. The van der Waals surface area contributed by atoms with Crippen molar-refractivity contribution in [3.05, 3.63) is 29.1 Å². The Kier molecular flexibility index (Phi) is 5.21. The van der Waals surface area contributed by atoms with E-state index in [-0.39, 0.29) is 28.7 Å². The first-order valence-electron chi connectivity index (χ1n) is 5.79. The highest BCUT2D eigenvalue weighted by Crippen LogP contribution is 2.18. The fraction of sp³-hybridized carbons (Fsp3) is 0.417. The third-order valence-corrected chi connectivity index (χ3v) is 3.49. The maximum Gasteiger partial charge on any atom is 0.254 e. The summed E-state index contributed by atoms with van der Waals surface area (Å²) in [6.45, 7) is 3.29. The lowest BCUT2D eigenvalue weighted by atomic mass is 10.1. The van der Waals surface area contributed by atoms with E-state index in [4.69, 9.17) is 9.88 Å². The van der Waals surface area contributed by atoms with Gasteiger partial charge >= 0.3 is 0 Å². The van der Waals surface area contributed by atoms with Gasteiger partial charge in [-0.25, -0.2) is 17.9 Å². The van der Waals surface area contributed by atoms with Gasteiger partial charge in [-0.3, -0.25) is 4.79 Å². The van der Waals surface area contributed by atoms with Gasteiger partial charge in [-0.2, -0.15) is 0 Å². The van der Waals surface area contributed by atoms with Crippen LogP contribution in [0, 0.1) is 12.7 Å². The summed E-state index contributed by atoms with van der Waals surface area (Å²) < 4.78 is 41.4. The topological polar surface area (TPSA) is 98.5 Å². The number of ether oxygens (including phenoxy) is 1. The van der Waals surface area contributed by atoms with Crippen LogP contribution in [-0.2, 0) is 14.8 Å². The summed E-state index contributed by atoms with van der Waals surface area (Å²) in [4.78, 5) is 11.6. The SMILES string of the molecule is COCC(C)NC(=O)c1cc(S(N)(=O)=O)cc(C)c1F. The number of primary sulfonamides is 1. The van der Waals surface area contributed by atoms with E-state index in [1.165, 1.54) is 14.0 Å². The van der Waals surface area contributed by atoms with E-state index in [0.717, 1.165) is 12.1 Å². The van der Waals surface area contributed by atoms with Crippen molar-refractivity contribution >= 4 is 15.9 Å². The molecule has 112 valence electrons. The second-order valence-electron chi connectivity index (χ2n) is 4.48. The number of amides is 1. The smallest absolute Gasteiger partial charge is 0.254 e. The number of nitrogens with one attached hydrogen (secondary N) is 1. The fourth-order valence-electron chi connectivity index (χ4n) is 1.66. The molecule has 1 rings (SSSR count). The van der Waals surface area contributed by atoms with Crippen LogP contribution in [0.5, 0.6) is 0 Å². The van der Waals surface area contributed by atoms with Gasteiger partial charge in [0.25, 0.3) is 5.91 Å². The van der Waals surface area contributed by atoms with Gasteiger partial charge in [0.15, 0.2) is 0 Å². The zero-order valence-corrected chi connectivity index (χ0v) is 12.3. The monoisotopic (exact) mass is 304 g/mol. The van der Waals surface area contributed by atoms with Crippen LogP contribution in [0.3, 0.4) is 0 Å². The second kappa shape index (κ2) is 6.29. The number of rotatable bonds is 5. The van der Waals surface area contributed by atoms with Crippen molar-refractivity contribution in [2.45, 2.75) is 24.8 Å². The summed E-state index contributed by atoms with van der Waals surface area (Å²) in [6, 6.07) is 1.66. The molecule has 6 nitrogen and oxygen atoms in total. The average Bonchev–Trinajstić information content (AvgIpc) is 2.31. The van der Waals surface area contributed by atoms with Crippen molar-refractivity contribution in [2.24, 2.45) is 5.14 Å². The molecule has 0 fully saturated rings. The molecule has 0 aliphatic heterocycles. The van der Waals surface area contributed by atoms with E-state index in [9.17, 15) is 17.6 Å². The minimum absolute atomic E-state index is 0.0288. The van der Waals surface area contributed by atoms with Crippen molar-refractivity contribution in [2.75, 3.05) is 13.7 Å². The van der Waals surface area contributed by atoms with E-state index in [1.807, 2.05) is 0 Å². The Bertz CT molecular complexity index is 616. The molecule has 0 spiro atoms. The zero-order chi connectivity index (χ0) is 15.5. The van der Waals surface area contributed by atoms with Crippen LogP contribution < -0.4 is 10.5 Å². The standard InChI is InChI=1S/C12H17FN2O4S/c1-7-4-9(20(14,17)18)5-10(11(7)13)12(16)15-8(2)6-19-3/h4-5,8H,6H2,1-3H3,(H,15,16)(H2,14,17,18). The normalized spacial score (nSPS) is 13.1. The van der Waals surface area contributed by atoms with Crippen LogP contribution in [0.15, 0.2) is 17.0 Å². The molecule has 1 aromatic carbocycles. The van der Waals surface area contributed by atoms with E-state index in [2.05, 4.69) is 5.32 Å². The lowest BCUT2D eigenvalue weighted by molar-refractivity contribution is 0.0901. The molecule has 20 heavy (non-hydrogen) atoms. The van der Waals surface area contributed by atoms with E-state index in [1.54, 1.807) is 6.92 Å². The summed E-state index contributed by atoms with van der Waals surface area (Å²) in [7, 11) is -2.54. The first-order chi connectivity index (χ1) is 9.16. The molecule has 1 aromatic rings. The Labute approximate surface area is 117 Å². The molecule has 1 unspecified atom stereocenters. The molecule has 0 aromatic heterocycles. The summed E-state index contributed by atoms with van der Waals surface area (Å²) >= 11 is 0. The van der Waals surface area contributed by atoms with Gasteiger partial charge in [-0.05, 0) is 31.5 Å². The summed E-state index contributed by atoms with van der Waals surface area (Å²) in [5.41, 5.74) is -0.335. The number of hydrogen-bond acceptors (Lipinski definition) is 4. The number of sulfonamides is 1. The molecule has 3 N–H and O–H groups in total. The molecule has 0 aliphatic rings. The molecular formula is C12H17FN2O4S. The summed E-state index contributed by atoms with van der Waals surface area (Å²) in [6.07, 6.45) is 0. The van der Waals surface area contributed by atoms with E-state index >= 15 is 0 Å². The molecule has 8 heteroatoms. The summed E-state index contributed by atoms with van der Waals surface area (Å²) in [5, 5.41) is 7.50. The highest BCUT2D eigenvalue weighted by molar-refractivity contribution is 7.89. The average molecular weight is 304 g/mol. The van der Waals surface area contributed by atoms with Gasteiger partial charge in [0.05, 0.1) is 17.1 Å². The Morgan fingerprint density at radius 1 is 1.50 bits per heavy atom. The fourth-order valence-corrected chi connectivity index (χ4v) is 2.28. The quantitative estimate of drug-likeness (QED) is 0.829. The van der Waals surface area contributed by atoms with Crippen LogP contribution in [0.4, 0.5) is 4.39 Å². The molecule has 0 saturated heterocycles. The van der Waals surface area contributed by atoms with Crippen LogP contribution in [-0.4, -0.2) is 34.1 Å². The highest BCUT2D eigenvalue weighted by atomic mass is 32.2. The van der Waals surface area contributed by atoms with Crippen LogP contribution in [0.25, 0.3) is 0 Å². The molecule has 0 saturated carbocycles. The molecule has 1 atom stereocenters. The third-order valence-electron chi connectivity index (χ3n) is 2.60. The first-order valence-corrected chi connectivity index (χ1v) is 7.34. The molecule has 0 heterocycles. The number of methoxy groups -OCH3 is 1. The van der Waals surface area contributed by atoms with E-state index in [0.29, 0.717) is 0 Å². The Hall–Kier alpha value is -1.51. The largest absolute Gasteiger partial charge is 0.383 e. The Morgan fingerprint density at radius 2 is 2.10 bits per heavy atom. The lowest BCUT2D eigenvalue weighted by Crippen LogP contribution is -2.36. The number of benzene rings is 1. The predicted octanol–water partition coefficient (Wildman–Crippen LogP) is 0.546. The van der Waals surface area contributed by atoms with Crippen molar-refractivity contribution < 1.29 is 22.3 Å². The molecule has 0 bridgehead atoms. The van der Waals surface area contributed by atoms with Gasteiger partial charge in [-0.1, -0.05) is 0 Å². The number of nitrogens with two attached hydrogens (primary N) is 1. The van der Waals surface area contributed by atoms with Crippen LogP contribution in [0.1, 0.15) is 22.8 Å². The molecule has 0 radical (unpaired) electrons. The van der Waals surface area contributed by atoms with Gasteiger partial charge in [0.1, 0.15) is 5.82 Å². The maximum atomic E-state index is 13.9. The minimum atomic E-state index is -4.01. The number of carbonyl (C=O) groups excluding carboxylic acids is 1. The number of halogens is 1. The van der Waals surface area contributed by atoms with Crippen molar-refractivity contribution in [1.29, 1.82) is 0 Å². The predicted molar refractivity (Wildman–Crippen MR) is 71.3 cm³/mol. The molecular weight excluding hydrogens is 287 g/mol. The van der Waals surface area contributed by atoms with Crippen molar-refractivity contribution in [3.8, 4) is 0 Å². The first kappa shape index (κ1) is 16.5. The number of hydrogen-bond donors (Lipinski definition) is 2. The van der Waals surface area contributed by atoms with E-state index < -0.39 is 21.7 Å². The summed E-state index contributed by atoms with van der Waals surface area (Å²) in [5.74, 6) is -1.50. The number of aryl methyl sites for hydroxylation is 1. The Morgan fingerprint density at radius 3 is 2.60 bits per heavy atom. The van der Waals surface area contributed by atoms with Crippen LogP contribution >= 0.6 is 0 Å². The van der Waals surface area contributed by atoms with Gasteiger partial charge in [0, 0.05) is 13.2 Å². The zero-order valence-electron chi connectivity index (χ0n) is 11.4. The Balaban J connectivity index is 3.17. The second-order valence-corrected chi connectivity index (χ2v) is 6.04. The maximum absolute atomic E-state index is 13.9. The van der Waals surface area contributed by atoms with Crippen LogP contribution in [0.2, 0.25) is 0 Å². The van der Waals surface area contributed by atoms with Crippen molar-refractivity contribution in [1.82, 2.24) is 5.32 Å². The lowest BCUT2D eigenvalue weighted by Gasteiger charge is -2.14. The highest BCUT2D eigenvalue weighted by Gasteiger charge is 2.20. The molecule has 0 aliphatic carbocycles. The van der Waals surface area contributed by atoms with Gasteiger partial charge in [-0.15, -0.1) is 0 Å². The minimum Gasteiger partial charge on any atom is -0.383 e. The van der Waals surface area contributed by atoms with Gasteiger partial charge < -0.3 is 10.1 Å².